The summed E-state index contributed by atoms with van der Waals surface area (Å²) in [6.45, 7) is 2.14. The molecule has 3 rings (SSSR count). The lowest BCUT2D eigenvalue weighted by molar-refractivity contribution is 0.713. The van der Waals surface area contributed by atoms with Crippen LogP contribution in [0.15, 0.2) is 42.5 Å². The molecule has 0 spiro atoms. The smallest absolute Gasteiger partial charge is 0.0300 e. The van der Waals surface area contributed by atoms with Crippen LogP contribution >= 0.6 is 0 Å². The summed E-state index contributed by atoms with van der Waals surface area (Å²) in [4.78, 5) is 0. The van der Waals surface area contributed by atoms with Crippen molar-refractivity contribution in [2.75, 3.05) is 0 Å². The number of aryl methyl sites for hydroxylation is 1. The summed E-state index contributed by atoms with van der Waals surface area (Å²) in [6.07, 6.45) is 2.19. The van der Waals surface area contributed by atoms with E-state index >= 15 is 0 Å². The molecule has 0 amide bonds. The van der Waals surface area contributed by atoms with Gasteiger partial charge in [0.25, 0.3) is 0 Å². The van der Waals surface area contributed by atoms with Gasteiger partial charge in [-0.25, -0.2) is 0 Å². The average molecular weight is 223 g/mol. The fourth-order valence-corrected chi connectivity index (χ4v) is 2.77. The van der Waals surface area contributed by atoms with Gasteiger partial charge in [-0.3, -0.25) is 0 Å². The fourth-order valence-electron chi connectivity index (χ4n) is 2.77. The molecule has 86 valence electrons. The van der Waals surface area contributed by atoms with E-state index in [1.54, 1.807) is 0 Å². The highest BCUT2D eigenvalue weighted by Gasteiger charge is 2.21. The molecule has 1 nitrogen and oxygen atoms in total. The molecule has 2 aromatic rings. The van der Waals surface area contributed by atoms with Crippen LogP contribution in [0.3, 0.4) is 0 Å². The van der Waals surface area contributed by atoms with Crippen LogP contribution in [0.25, 0.3) is 11.1 Å². The molecular formula is C16H17N. The van der Waals surface area contributed by atoms with Crippen LogP contribution in [-0.4, -0.2) is 0 Å². The SMILES string of the molecule is Cc1cccc(-c2cccc3c2CCC3N)c1. The maximum Gasteiger partial charge on any atom is 0.0300 e. The van der Waals surface area contributed by atoms with Gasteiger partial charge in [0.15, 0.2) is 0 Å². The Morgan fingerprint density at radius 3 is 2.76 bits per heavy atom. The van der Waals surface area contributed by atoms with Crippen LogP contribution in [0.5, 0.6) is 0 Å². The average Bonchev–Trinajstić information content (AvgIpc) is 2.71. The van der Waals surface area contributed by atoms with Crippen molar-refractivity contribution < 1.29 is 0 Å². The third-order valence-corrected chi connectivity index (χ3v) is 3.65. The van der Waals surface area contributed by atoms with Gasteiger partial charge < -0.3 is 5.73 Å². The quantitative estimate of drug-likeness (QED) is 0.785. The summed E-state index contributed by atoms with van der Waals surface area (Å²) >= 11 is 0. The lowest BCUT2D eigenvalue weighted by Crippen LogP contribution is -2.04. The van der Waals surface area contributed by atoms with Crippen molar-refractivity contribution in [2.45, 2.75) is 25.8 Å². The van der Waals surface area contributed by atoms with E-state index in [4.69, 9.17) is 5.73 Å². The zero-order valence-corrected chi connectivity index (χ0v) is 10.1. The van der Waals surface area contributed by atoms with Gasteiger partial charge in [0.1, 0.15) is 0 Å². The Hall–Kier alpha value is -1.60. The van der Waals surface area contributed by atoms with Crippen LogP contribution in [0.1, 0.15) is 29.2 Å². The molecule has 2 aromatic carbocycles. The first-order valence-electron chi connectivity index (χ1n) is 6.20. The van der Waals surface area contributed by atoms with E-state index in [2.05, 4.69) is 49.4 Å². The summed E-state index contributed by atoms with van der Waals surface area (Å²) in [5, 5.41) is 0. The Kier molecular flexibility index (Phi) is 2.49. The topological polar surface area (TPSA) is 26.0 Å². The maximum absolute atomic E-state index is 6.12. The van der Waals surface area contributed by atoms with E-state index in [0.29, 0.717) is 0 Å². The molecule has 0 heterocycles. The molecule has 17 heavy (non-hydrogen) atoms. The number of nitrogens with two attached hydrogens (primary N) is 1. The van der Waals surface area contributed by atoms with E-state index in [1.807, 2.05) is 0 Å². The predicted molar refractivity (Wildman–Crippen MR) is 71.9 cm³/mol. The highest BCUT2D eigenvalue weighted by molar-refractivity contribution is 5.70. The summed E-state index contributed by atoms with van der Waals surface area (Å²) in [6, 6.07) is 15.4. The summed E-state index contributed by atoms with van der Waals surface area (Å²) in [5.41, 5.74) is 12.9. The molecule has 0 aliphatic heterocycles. The second-order valence-corrected chi connectivity index (χ2v) is 4.89. The van der Waals surface area contributed by atoms with Gasteiger partial charge in [-0.2, -0.15) is 0 Å². The van der Waals surface area contributed by atoms with E-state index in [0.717, 1.165) is 12.8 Å². The summed E-state index contributed by atoms with van der Waals surface area (Å²) < 4.78 is 0. The second kappa shape index (κ2) is 4.01. The third-order valence-electron chi connectivity index (χ3n) is 3.65. The van der Waals surface area contributed by atoms with Crippen molar-refractivity contribution in [1.82, 2.24) is 0 Å². The number of fused-ring (bicyclic) bond motifs is 1. The van der Waals surface area contributed by atoms with E-state index < -0.39 is 0 Å². The number of hydrogen-bond acceptors (Lipinski definition) is 1. The van der Waals surface area contributed by atoms with Gasteiger partial charge in [-0.05, 0) is 42.0 Å². The first-order chi connectivity index (χ1) is 8.25. The van der Waals surface area contributed by atoms with Crippen molar-refractivity contribution in [3.8, 4) is 11.1 Å². The highest BCUT2D eigenvalue weighted by atomic mass is 14.6. The Labute approximate surface area is 102 Å². The van der Waals surface area contributed by atoms with Gasteiger partial charge in [0.05, 0.1) is 0 Å². The van der Waals surface area contributed by atoms with Crippen LogP contribution in [0, 0.1) is 6.92 Å². The van der Waals surface area contributed by atoms with Crippen molar-refractivity contribution in [1.29, 1.82) is 0 Å². The molecule has 2 N–H and O–H groups in total. The molecule has 0 fully saturated rings. The van der Waals surface area contributed by atoms with Gasteiger partial charge in [-0.1, -0.05) is 48.0 Å². The van der Waals surface area contributed by atoms with E-state index in [-0.39, 0.29) is 6.04 Å². The Morgan fingerprint density at radius 2 is 1.94 bits per heavy atom. The molecule has 1 aliphatic carbocycles. The van der Waals surface area contributed by atoms with Crippen LogP contribution in [0.2, 0.25) is 0 Å². The first-order valence-corrected chi connectivity index (χ1v) is 6.20. The molecule has 0 aromatic heterocycles. The zero-order chi connectivity index (χ0) is 11.8. The monoisotopic (exact) mass is 223 g/mol. The Balaban J connectivity index is 2.17. The van der Waals surface area contributed by atoms with Crippen molar-refractivity contribution in [3.05, 3.63) is 59.2 Å². The molecule has 1 atom stereocenters. The molecule has 0 saturated heterocycles. The molecule has 1 aliphatic rings. The zero-order valence-electron chi connectivity index (χ0n) is 10.1. The van der Waals surface area contributed by atoms with Crippen LogP contribution in [0.4, 0.5) is 0 Å². The molecule has 0 radical (unpaired) electrons. The normalized spacial score (nSPS) is 18.1. The van der Waals surface area contributed by atoms with Crippen LogP contribution < -0.4 is 5.73 Å². The maximum atomic E-state index is 6.12. The van der Waals surface area contributed by atoms with Gasteiger partial charge in [0.2, 0.25) is 0 Å². The Morgan fingerprint density at radius 1 is 1.12 bits per heavy atom. The standard InChI is InChI=1S/C16H17N/c1-11-4-2-5-12(10-11)13-6-3-7-15-14(13)8-9-16(15)17/h2-7,10,16H,8-9,17H2,1H3. The fraction of sp³-hybridized carbons (Fsp3) is 0.250. The minimum absolute atomic E-state index is 0.231. The van der Waals surface area contributed by atoms with Crippen LogP contribution in [-0.2, 0) is 6.42 Å². The van der Waals surface area contributed by atoms with Gasteiger partial charge in [-0.15, -0.1) is 0 Å². The van der Waals surface area contributed by atoms with Crippen molar-refractivity contribution in [2.24, 2.45) is 5.73 Å². The minimum Gasteiger partial charge on any atom is -0.324 e. The largest absolute Gasteiger partial charge is 0.324 e. The minimum atomic E-state index is 0.231. The molecular weight excluding hydrogens is 206 g/mol. The lowest BCUT2D eigenvalue weighted by atomic mass is 9.95. The number of benzene rings is 2. The Bertz CT molecular complexity index is 557. The summed E-state index contributed by atoms with van der Waals surface area (Å²) in [7, 11) is 0. The molecule has 1 heteroatoms. The highest BCUT2D eigenvalue weighted by Crippen LogP contribution is 2.36. The lowest BCUT2D eigenvalue weighted by Gasteiger charge is -2.10. The second-order valence-electron chi connectivity index (χ2n) is 4.89. The molecule has 0 bridgehead atoms. The van der Waals surface area contributed by atoms with E-state index in [9.17, 15) is 0 Å². The third kappa shape index (κ3) is 1.77. The molecule has 0 saturated carbocycles. The van der Waals surface area contributed by atoms with Crippen molar-refractivity contribution >= 4 is 0 Å². The van der Waals surface area contributed by atoms with Gasteiger partial charge in [0, 0.05) is 6.04 Å². The molecule has 1 unspecified atom stereocenters. The van der Waals surface area contributed by atoms with Crippen molar-refractivity contribution in [3.63, 3.8) is 0 Å². The first kappa shape index (κ1) is 10.5. The van der Waals surface area contributed by atoms with Gasteiger partial charge >= 0.3 is 0 Å². The number of rotatable bonds is 1. The van der Waals surface area contributed by atoms with E-state index in [1.165, 1.54) is 27.8 Å². The predicted octanol–water partition coefficient (Wildman–Crippen LogP) is 3.61. The summed E-state index contributed by atoms with van der Waals surface area (Å²) in [5.74, 6) is 0. The number of hydrogen-bond donors (Lipinski definition) is 1.